The molecule has 3 heteroatoms. The van der Waals surface area contributed by atoms with Crippen molar-refractivity contribution in [3.8, 4) is 11.4 Å². The first-order valence-electron chi connectivity index (χ1n) is 6.99. The molecule has 0 amide bonds. The van der Waals surface area contributed by atoms with Crippen molar-refractivity contribution < 1.29 is 0 Å². The van der Waals surface area contributed by atoms with E-state index in [2.05, 4.69) is 60.9 Å². The van der Waals surface area contributed by atoms with Crippen LogP contribution in [0.5, 0.6) is 0 Å². The van der Waals surface area contributed by atoms with Gasteiger partial charge in [-0.15, -0.1) is 0 Å². The van der Waals surface area contributed by atoms with Gasteiger partial charge >= 0.3 is 0 Å². The average Bonchev–Trinajstić information content (AvgIpc) is 2.84. The fourth-order valence-corrected chi connectivity index (χ4v) is 2.57. The summed E-state index contributed by atoms with van der Waals surface area (Å²) in [6.45, 7) is 5.73. The predicted octanol–water partition coefficient (Wildman–Crippen LogP) is 3.49. The van der Waals surface area contributed by atoms with Crippen LogP contribution < -0.4 is 5.73 Å². The lowest BCUT2D eigenvalue weighted by Crippen LogP contribution is -1.99. The van der Waals surface area contributed by atoms with Gasteiger partial charge < -0.3 is 10.3 Å². The van der Waals surface area contributed by atoms with Crippen LogP contribution in [-0.2, 0) is 13.1 Å². The summed E-state index contributed by atoms with van der Waals surface area (Å²) < 4.78 is 2.26. The van der Waals surface area contributed by atoms with Crippen LogP contribution in [0.3, 0.4) is 0 Å². The van der Waals surface area contributed by atoms with Gasteiger partial charge in [-0.2, -0.15) is 0 Å². The molecule has 0 saturated carbocycles. The summed E-state index contributed by atoms with van der Waals surface area (Å²) in [6, 6.07) is 14.8. The number of hydrogen-bond donors (Lipinski definition) is 1. The molecular formula is C17H19N3. The molecule has 1 aromatic heterocycles. The lowest BCUT2D eigenvalue weighted by molar-refractivity contribution is 0.796. The van der Waals surface area contributed by atoms with E-state index in [9.17, 15) is 0 Å². The molecule has 20 heavy (non-hydrogen) atoms. The number of aromatic nitrogens is 2. The van der Waals surface area contributed by atoms with E-state index in [-0.39, 0.29) is 0 Å². The highest BCUT2D eigenvalue weighted by atomic mass is 15.1. The summed E-state index contributed by atoms with van der Waals surface area (Å²) in [6.07, 6.45) is 0. The standard InChI is InChI=1S/C17H19N3/c1-3-20-16-9-4-12(2)10-15(16)19-17(20)14-7-5-13(11-18)6-8-14/h4-10H,3,11,18H2,1-2H3. The maximum Gasteiger partial charge on any atom is 0.141 e. The Kier molecular flexibility index (Phi) is 3.28. The lowest BCUT2D eigenvalue weighted by atomic mass is 10.1. The summed E-state index contributed by atoms with van der Waals surface area (Å²) in [4.78, 5) is 4.80. The third-order valence-electron chi connectivity index (χ3n) is 3.67. The SMILES string of the molecule is CCn1c(-c2ccc(CN)cc2)nc2cc(C)ccc21. The molecule has 2 aromatic carbocycles. The number of nitrogens with zero attached hydrogens (tertiary/aromatic N) is 2. The number of hydrogen-bond acceptors (Lipinski definition) is 2. The van der Waals surface area contributed by atoms with Crippen molar-refractivity contribution in [1.29, 1.82) is 0 Å². The van der Waals surface area contributed by atoms with E-state index < -0.39 is 0 Å². The molecule has 1 heterocycles. The topological polar surface area (TPSA) is 43.8 Å². The summed E-state index contributed by atoms with van der Waals surface area (Å²) in [5.41, 5.74) is 11.4. The number of nitrogens with two attached hydrogens (primary N) is 1. The molecule has 3 rings (SSSR count). The van der Waals surface area contributed by atoms with E-state index >= 15 is 0 Å². The minimum absolute atomic E-state index is 0.573. The highest BCUT2D eigenvalue weighted by Crippen LogP contribution is 2.25. The number of aryl methyl sites for hydroxylation is 2. The van der Waals surface area contributed by atoms with Gasteiger partial charge in [0.15, 0.2) is 0 Å². The van der Waals surface area contributed by atoms with Crippen molar-refractivity contribution >= 4 is 11.0 Å². The van der Waals surface area contributed by atoms with Crippen molar-refractivity contribution in [1.82, 2.24) is 9.55 Å². The van der Waals surface area contributed by atoms with Crippen LogP contribution >= 0.6 is 0 Å². The molecule has 102 valence electrons. The summed E-state index contributed by atoms with van der Waals surface area (Å²) in [5.74, 6) is 1.02. The summed E-state index contributed by atoms with van der Waals surface area (Å²) in [5, 5.41) is 0. The molecule has 0 spiro atoms. The number of rotatable bonds is 3. The lowest BCUT2D eigenvalue weighted by Gasteiger charge is -2.06. The van der Waals surface area contributed by atoms with Gasteiger partial charge in [-0.1, -0.05) is 30.3 Å². The fourth-order valence-electron chi connectivity index (χ4n) is 2.57. The Balaban J connectivity index is 2.18. The van der Waals surface area contributed by atoms with Crippen LogP contribution in [0.2, 0.25) is 0 Å². The Morgan fingerprint density at radius 1 is 1.10 bits per heavy atom. The molecule has 0 fully saturated rings. The molecule has 0 atom stereocenters. The van der Waals surface area contributed by atoms with Crippen LogP contribution in [0.25, 0.3) is 22.4 Å². The van der Waals surface area contributed by atoms with Gasteiger partial charge in [-0.3, -0.25) is 0 Å². The maximum atomic E-state index is 5.65. The first-order chi connectivity index (χ1) is 9.72. The van der Waals surface area contributed by atoms with Crippen LogP contribution in [0.1, 0.15) is 18.1 Å². The van der Waals surface area contributed by atoms with Crippen LogP contribution in [-0.4, -0.2) is 9.55 Å². The second kappa shape index (κ2) is 5.10. The average molecular weight is 265 g/mol. The van der Waals surface area contributed by atoms with Crippen molar-refractivity contribution in [2.45, 2.75) is 26.9 Å². The Morgan fingerprint density at radius 3 is 2.50 bits per heavy atom. The van der Waals surface area contributed by atoms with Gasteiger partial charge in [-0.05, 0) is 37.1 Å². The molecule has 0 saturated heterocycles. The first-order valence-corrected chi connectivity index (χ1v) is 6.99. The molecular weight excluding hydrogens is 246 g/mol. The normalized spacial score (nSPS) is 11.2. The molecule has 0 aliphatic carbocycles. The monoisotopic (exact) mass is 265 g/mol. The zero-order valence-corrected chi connectivity index (χ0v) is 11.9. The predicted molar refractivity (Wildman–Crippen MR) is 83.5 cm³/mol. The summed E-state index contributed by atoms with van der Waals surface area (Å²) >= 11 is 0. The van der Waals surface area contributed by atoms with E-state index in [4.69, 9.17) is 10.7 Å². The second-order valence-corrected chi connectivity index (χ2v) is 5.07. The molecule has 0 bridgehead atoms. The Morgan fingerprint density at radius 2 is 1.85 bits per heavy atom. The molecule has 2 N–H and O–H groups in total. The van der Waals surface area contributed by atoms with E-state index in [1.54, 1.807) is 0 Å². The molecule has 0 aliphatic heterocycles. The highest BCUT2D eigenvalue weighted by Gasteiger charge is 2.11. The van der Waals surface area contributed by atoms with Gasteiger partial charge in [0.25, 0.3) is 0 Å². The fraction of sp³-hybridized carbons (Fsp3) is 0.235. The molecule has 0 radical (unpaired) electrons. The largest absolute Gasteiger partial charge is 0.326 e. The number of imidazole rings is 1. The van der Waals surface area contributed by atoms with Crippen LogP contribution in [0, 0.1) is 6.92 Å². The number of benzene rings is 2. The quantitative estimate of drug-likeness (QED) is 0.787. The van der Waals surface area contributed by atoms with E-state index in [0.717, 1.165) is 29.0 Å². The van der Waals surface area contributed by atoms with Crippen LogP contribution in [0.15, 0.2) is 42.5 Å². The Bertz CT molecular complexity index is 739. The maximum absolute atomic E-state index is 5.65. The van der Waals surface area contributed by atoms with Gasteiger partial charge in [0.05, 0.1) is 11.0 Å². The third kappa shape index (κ3) is 2.10. The zero-order chi connectivity index (χ0) is 14.1. The Hall–Kier alpha value is -2.13. The number of fused-ring (bicyclic) bond motifs is 1. The van der Waals surface area contributed by atoms with E-state index in [0.29, 0.717) is 6.54 Å². The second-order valence-electron chi connectivity index (χ2n) is 5.07. The van der Waals surface area contributed by atoms with Gasteiger partial charge in [-0.25, -0.2) is 4.98 Å². The summed E-state index contributed by atoms with van der Waals surface area (Å²) in [7, 11) is 0. The van der Waals surface area contributed by atoms with Crippen LogP contribution in [0.4, 0.5) is 0 Å². The Labute approximate surface area is 119 Å². The van der Waals surface area contributed by atoms with Gasteiger partial charge in [0.1, 0.15) is 5.82 Å². The van der Waals surface area contributed by atoms with E-state index in [1.807, 2.05) is 0 Å². The van der Waals surface area contributed by atoms with Crippen molar-refractivity contribution in [2.24, 2.45) is 5.73 Å². The van der Waals surface area contributed by atoms with E-state index in [1.165, 1.54) is 11.1 Å². The smallest absolute Gasteiger partial charge is 0.141 e. The molecule has 3 aromatic rings. The first kappa shape index (κ1) is 12.9. The molecule has 0 aliphatic rings. The molecule has 3 nitrogen and oxygen atoms in total. The molecule has 0 unspecified atom stereocenters. The van der Waals surface area contributed by atoms with Crippen molar-refractivity contribution in [3.63, 3.8) is 0 Å². The zero-order valence-electron chi connectivity index (χ0n) is 11.9. The minimum Gasteiger partial charge on any atom is -0.326 e. The third-order valence-corrected chi connectivity index (χ3v) is 3.67. The minimum atomic E-state index is 0.573. The van der Waals surface area contributed by atoms with Crippen molar-refractivity contribution in [3.05, 3.63) is 53.6 Å². The highest BCUT2D eigenvalue weighted by molar-refractivity contribution is 5.81. The van der Waals surface area contributed by atoms with Gasteiger partial charge in [0, 0.05) is 18.7 Å². The van der Waals surface area contributed by atoms with Gasteiger partial charge in [0.2, 0.25) is 0 Å². The van der Waals surface area contributed by atoms with Crippen molar-refractivity contribution in [2.75, 3.05) is 0 Å².